The van der Waals surface area contributed by atoms with Crippen LogP contribution in [0.1, 0.15) is 6.55 Å². The highest BCUT2D eigenvalue weighted by Gasteiger charge is 2.34. The first-order valence-corrected chi connectivity index (χ1v) is 3.82. The van der Waals surface area contributed by atoms with E-state index in [-0.39, 0.29) is 4.68 Å². The molecule has 1 aromatic rings. The lowest BCUT2D eigenvalue weighted by Crippen LogP contribution is -2.07. The van der Waals surface area contributed by atoms with E-state index in [0.29, 0.717) is 0 Å². The molecule has 9 heteroatoms. The molecule has 0 aliphatic rings. The van der Waals surface area contributed by atoms with Crippen LogP contribution in [0.5, 0.6) is 0 Å². The van der Waals surface area contributed by atoms with Crippen LogP contribution in [0.3, 0.4) is 0 Å². The van der Waals surface area contributed by atoms with E-state index in [0.717, 1.165) is 0 Å². The van der Waals surface area contributed by atoms with Crippen molar-refractivity contribution in [2.24, 2.45) is 0 Å². The van der Waals surface area contributed by atoms with Gasteiger partial charge in [0.15, 0.2) is 12.0 Å². The molecule has 0 aromatic carbocycles. The van der Waals surface area contributed by atoms with Crippen LogP contribution < -0.4 is 0 Å². The van der Waals surface area contributed by atoms with E-state index >= 15 is 0 Å². The molecule has 1 aromatic heterocycles. The zero-order valence-electron chi connectivity index (χ0n) is 6.15. The number of rotatable bonds is 2. The second-order valence-electron chi connectivity index (χ2n) is 2.00. The highest BCUT2D eigenvalue weighted by Crippen LogP contribution is 2.38. The number of alkyl halides is 5. The molecule has 14 heavy (non-hydrogen) atoms. The Hall–Kier alpha value is -0.860. The van der Waals surface area contributed by atoms with Gasteiger partial charge in [0, 0.05) is 11.8 Å². The topological polar surface area (TPSA) is 17.8 Å². The van der Waals surface area contributed by atoms with Gasteiger partial charge in [0.2, 0.25) is 0 Å². The van der Waals surface area contributed by atoms with Crippen molar-refractivity contribution in [3.05, 3.63) is 12.0 Å². The lowest BCUT2D eigenvalue weighted by atomic mass is 10.7. The molecule has 1 heterocycles. The largest absolute Gasteiger partial charge is 0.447 e. The molecular weight excluding hydrogens is 234 g/mol. The minimum Gasteiger partial charge on any atom is -0.201 e. The standard InChI is InChI=1S/C5HF6N2S/c6-2-1-12-13(4(7)8)3(2)14-5(9,10)11/h4H. The average molecular weight is 235 g/mol. The highest BCUT2D eigenvalue weighted by molar-refractivity contribution is 8.00. The summed E-state index contributed by atoms with van der Waals surface area (Å²) in [5.74, 6) is -1.55. The third-order valence-corrected chi connectivity index (χ3v) is 1.84. The second kappa shape index (κ2) is 3.71. The Kier molecular flexibility index (Phi) is 2.98. The summed E-state index contributed by atoms with van der Waals surface area (Å²) < 4.78 is 71.2. The summed E-state index contributed by atoms with van der Waals surface area (Å²) in [5.41, 5.74) is -4.85. The quantitative estimate of drug-likeness (QED) is 0.579. The van der Waals surface area contributed by atoms with Crippen LogP contribution in [-0.4, -0.2) is 15.3 Å². The van der Waals surface area contributed by atoms with Crippen molar-refractivity contribution in [3.8, 4) is 0 Å². The summed E-state index contributed by atoms with van der Waals surface area (Å²) in [7, 11) is 0. The summed E-state index contributed by atoms with van der Waals surface area (Å²) in [5, 5.41) is 1.35. The molecule has 79 valence electrons. The Morgan fingerprint density at radius 3 is 2.36 bits per heavy atom. The number of halogens is 6. The number of aromatic nitrogens is 2. The molecule has 0 aliphatic heterocycles. The van der Waals surface area contributed by atoms with E-state index in [2.05, 4.69) is 5.10 Å². The molecule has 0 saturated carbocycles. The van der Waals surface area contributed by atoms with Gasteiger partial charge in [0.05, 0.1) is 0 Å². The van der Waals surface area contributed by atoms with Crippen molar-refractivity contribution < 1.29 is 26.3 Å². The number of nitrogens with zero attached hydrogens (tertiary/aromatic N) is 2. The first-order chi connectivity index (χ1) is 6.31. The molecule has 0 fully saturated rings. The molecule has 0 bridgehead atoms. The first-order valence-electron chi connectivity index (χ1n) is 3.01. The molecule has 2 nitrogen and oxygen atoms in total. The predicted octanol–water partition coefficient (Wildman–Crippen LogP) is 2.83. The SMILES string of the molecule is Fc1[c]nn(C(F)F)c1SC(F)(F)F. The number of thioether (sulfide) groups is 1. The van der Waals surface area contributed by atoms with Crippen LogP contribution in [0.4, 0.5) is 26.3 Å². The van der Waals surface area contributed by atoms with Gasteiger partial charge in [-0.25, -0.2) is 4.39 Å². The molecule has 0 aliphatic carbocycles. The highest BCUT2D eigenvalue weighted by atomic mass is 32.2. The minimum absolute atomic E-state index is 0.381. The van der Waals surface area contributed by atoms with Crippen molar-refractivity contribution in [2.75, 3.05) is 0 Å². The maximum Gasteiger partial charge on any atom is 0.447 e. The monoisotopic (exact) mass is 235 g/mol. The van der Waals surface area contributed by atoms with Crippen LogP contribution in [0, 0.1) is 12.0 Å². The van der Waals surface area contributed by atoms with E-state index < -0.39 is 34.7 Å². The summed E-state index contributed by atoms with van der Waals surface area (Å²) in [4.78, 5) is 0. The van der Waals surface area contributed by atoms with Crippen molar-refractivity contribution in [1.82, 2.24) is 9.78 Å². The van der Waals surface area contributed by atoms with Crippen molar-refractivity contribution >= 4 is 11.8 Å². The number of hydrogen-bond acceptors (Lipinski definition) is 2. The second-order valence-corrected chi connectivity index (χ2v) is 3.05. The lowest BCUT2D eigenvalue weighted by molar-refractivity contribution is -0.0338. The summed E-state index contributed by atoms with van der Waals surface area (Å²) in [6, 6.07) is 0. The lowest BCUT2D eigenvalue weighted by Gasteiger charge is -2.07. The van der Waals surface area contributed by atoms with Gasteiger partial charge in [-0.05, 0) is 0 Å². The Bertz CT molecular complexity index is 319. The Morgan fingerprint density at radius 1 is 1.36 bits per heavy atom. The third-order valence-electron chi connectivity index (χ3n) is 1.05. The Morgan fingerprint density at radius 2 is 1.93 bits per heavy atom. The van der Waals surface area contributed by atoms with Gasteiger partial charge in [-0.15, -0.1) is 0 Å². The van der Waals surface area contributed by atoms with Crippen LogP contribution >= 0.6 is 11.8 Å². The summed E-state index contributed by atoms with van der Waals surface area (Å²) in [6.45, 7) is -3.33. The summed E-state index contributed by atoms with van der Waals surface area (Å²) >= 11 is -0.997. The van der Waals surface area contributed by atoms with Gasteiger partial charge in [-0.3, -0.25) is 0 Å². The maximum atomic E-state index is 12.5. The van der Waals surface area contributed by atoms with E-state index in [1.54, 1.807) is 0 Å². The zero-order valence-corrected chi connectivity index (χ0v) is 6.96. The van der Waals surface area contributed by atoms with Gasteiger partial charge in [0.1, 0.15) is 5.03 Å². The van der Waals surface area contributed by atoms with Crippen molar-refractivity contribution in [1.29, 1.82) is 0 Å². The molecule has 1 rings (SSSR count). The zero-order chi connectivity index (χ0) is 10.9. The third kappa shape index (κ3) is 2.56. The normalized spacial score (nSPS) is 12.5. The average Bonchev–Trinajstić information content (AvgIpc) is 2.29. The van der Waals surface area contributed by atoms with E-state index in [1.165, 1.54) is 6.20 Å². The summed E-state index contributed by atoms with van der Waals surface area (Å²) in [6.07, 6.45) is 1.39. The van der Waals surface area contributed by atoms with Gasteiger partial charge in [-0.2, -0.15) is 31.7 Å². The molecule has 0 saturated heterocycles. The smallest absolute Gasteiger partial charge is 0.201 e. The van der Waals surface area contributed by atoms with Gasteiger partial charge in [-0.1, -0.05) is 0 Å². The van der Waals surface area contributed by atoms with Crippen LogP contribution in [0.15, 0.2) is 5.03 Å². The molecular formula is C5HF6N2S. The fourth-order valence-corrected chi connectivity index (χ4v) is 1.19. The van der Waals surface area contributed by atoms with E-state index in [4.69, 9.17) is 0 Å². The molecule has 0 amide bonds. The molecule has 0 unspecified atom stereocenters. The molecule has 1 radical (unpaired) electrons. The van der Waals surface area contributed by atoms with Crippen molar-refractivity contribution in [2.45, 2.75) is 17.1 Å². The first kappa shape index (κ1) is 11.2. The van der Waals surface area contributed by atoms with Crippen molar-refractivity contribution in [3.63, 3.8) is 0 Å². The van der Waals surface area contributed by atoms with Crippen LogP contribution in [0.2, 0.25) is 0 Å². The van der Waals surface area contributed by atoms with Crippen LogP contribution in [0.25, 0.3) is 0 Å². The Balaban J connectivity index is 3.00. The van der Waals surface area contributed by atoms with Gasteiger partial charge in [0.25, 0.3) is 0 Å². The Labute approximate surface area is 77.9 Å². The minimum atomic E-state index is -4.85. The number of hydrogen-bond donors (Lipinski definition) is 0. The molecule has 0 N–H and O–H groups in total. The fraction of sp³-hybridized carbons (Fsp3) is 0.400. The molecule has 0 atom stereocenters. The maximum absolute atomic E-state index is 12.5. The van der Waals surface area contributed by atoms with Crippen LogP contribution in [-0.2, 0) is 0 Å². The van der Waals surface area contributed by atoms with E-state index in [9.17, 15) is 26.3 Å². The van der Waals surface area contributed by atoms with Gasteiger partial charge >= 0.3 is 12.1 Å². The molecule has 0 spiro atoms. The predicted molar refractivity (Wildman–Crippen MR) is 34.2 cm³/mol. The van der Waals surface area contributed by atoms with E-state index in [1.807, 2.05) is 0 Å². The van der Waals surface area contributed by atoms with Gasteiger partial charge < -0.3 is 0 Å². The fourth-order valence-electron chi connectivity index (χ4n) is 0.625.